The number of carbonyl (C=O) groups excluding carboxylic acids is 3. The Labute approximate surface area is 652 Å². The molecule has 3 unspecified atom stereocenters. The van der Waals surface area contributed by atoms with Crippen LogP contribution in [-0.4, -0.2) is 211 Å². The maximum Gasteiger partial charge on any atom is 1.00 e. The van der Waals surface area contributed by atoms with E-state index in [2.05, 4.69) is 35.9 Å². The average Bonchev–Trinajstić information content (AvgIpc) is 1.41. The Morgan fingerprint density at radius 3 is 1.42 bits per heavy atom. The van der Waals surface area contributed by atoms with Crippen molar-refractivity contribution in [1.82, 2.24) is 54.8 Å². The Balaban J connectivity index is 0.000000177. The molecule has 6 aromatic heterocycles. The van der Waals surface area contributed by atoms with Crippen molar-refractivity contribution in [2.45, 2.75) is 75.2 Å². The van der Waals surface area contributed by atoms with Crippen molar-refractivity contribution in [2.24, 2.45) is 5.73 Å². The zero-order valence-corrected chi connectivity index (χ0v) is 62.7. The number of aromatic nitrogens is 8. The maximum absolute atomic E-state index is 14.1. The third kappa shape index (κ3) is 18.3. The van der Waals surface area contributed by atoms with Crippen molar-refractivity contribution in [1.29, 1.82) is 0 Å². The summed E-state index contributed by atoms with van der Waals surface area (Å²) in [5.41, 5.74) is 3.23. The van der Waals surface area contributed by atoms with E-state index in [9.17, 15) is 70.4 Å². The van der Waals surface area contributed by atoms with E-state index in [0.29, 0.717) is 78.9 Å². The zero-order valence-electron chi connectivity index (χ0n) is 59.5. The second-order valence-electron chi connectivity index (χ2n) is 25.2. The number of benzene rings is 3. The van der Waals surface area contributed by atoms with Crippen molar-refractivity contribution >= 4 is 51.8 Å². The number of nitrogens with one attached hydrogen (secondary N) is 1. The normalized spacial score (nSPS) is 18.1. The number of nitrogens with two attached hydrogens (primary N) is 1. The van der Waals surface area contributed by atoms with Crippen LogP contribution in [0.2, 0.25) is 0 Å². The standard InChI is InChI=1S/C23H22F2N4O5S.C22H20F2N4O5S.C18H14F2N2O5S.C7H16N2O2.ClH.Li/c1-33-20-18-22(32)29(5-6-30)23(4-7-34-12-23)11-28(18)10-15(19(20)31)21-27-26-17(35-21)8-13-2-3-14(24)9-16(13)25;23-13-2-1-12(15(24)8-13)7-16-25-26-20(34-16)14-9-27-10-22(3-6-33-11-22)28(4-5-29)21(32)17(27)19(31)18(14)30;1-3-26-18(24)16-15(25-2)14(23)11(8-27-16)17-22-21-13(28-17)6-9-4-5-10(19)7-12(9)20;8-5-7(9-2-3-10)1-4-11-6-7;;/h2-3,9-10,30H,4-8,11-12H2,1H3;1-2,8-9,29,31H,3-7,10-11H2;4-5,7-8H,3,6H2,1-2H3;9-10H,1-6,8H2;1H;/q;;;;;+1/p-1. The summed E-state index contributed by atoms with van der Waals surface area (Å²) >= 11 is 3.18. The van der Waals surface area contributed by atoms with Gasteiger partial charge in [-0.15, -0.1) is 30.6 Å². The Morgan fingerprint density at radius 2 is 1.02 bits per heavy atom. The summed E-state index contributed by atoms with van der Waals surface area (Å²) in [6.07, 6.45) is 6.40. The largest absolute Gasteiger partial charge is 1.00 e. The number of rotatable bonds is 21. The first-order valence-corrected chi connectivity index (χ1v) is 36.0. The minimum atomic E-state index is -0.826. The number of fused-ring (bicyclic) bond motifs is 2. The van der Waals surface area contributed by atoms with Crippen molar-refractivity contribution in [3.63, 3.8) is 0 Å². The summed E-state index contributed by atoms with van der Waals surface area (Å²) in [6.45, 7) is 6.30. The molecule has 3 saturated heterocycles. The van der Waals surface area contributed by atoms with Crippen LogP contribution in [-0.2, 0) is 51.3 Å². The van der Waals surface area contributed by atoms with E-state index in [1.165, 1.54) is 54.1 Å². The number of hydrogen-bond donors (Lipinski definition) is 6. The number of ether oxygens (including phenoxy) is 6. The quantitative estimate of drug-likeness (QED) is 0.0294. The third-order valence-corrected chi connectivity index (χ3v) is 21.2. The molecule has 14 rings (SSSR count). The van der Waals surface area contributed by atoms with Crippen LogP contribution in [0.25, 0.3) is 31.7 Å². The van der Waals surface area contributed by atoms with Gasteiger partial charge in [0, 0.05) is 109 Å². The van der Waals surface area contributed by atoms with Gasteiger partial charge in [0.05, 0.1) is 93.8 Å². The fourth-order valence-corrected chi connectivity index (χ4v) is 15.5. The maximum atomic E-state index is 14.1. The number of esters is 1. The summed E-state index contributed by atoms with van der Waals surface area (Å²) in [5, 5.41) is 67.5. The summed E-state index contributed by atoms with van der Waals surface area (Å²) in [5.74, 6) is -7.41. The molecule has 29 nitrogen and oxygen atoms in total. The number of nitrogens with zero attached hydrogens (tertiary/aromatic N) is 10. The van der Waals surface area contributed by atoms with Crippen LogP contribution in [0.5, 0.6) is 17.2 Å². The van der Waals surface area contributed by atoms with Crippen LogP contribution >= 0.6 is 34.0 Å². The second kappa shape index (κ2) is 37.4. The fourth-order valence-electron chi connectivity index (χ4n) is 12.9. The van der Waals surface area contributed by atoms with E-state index in [4.69, 9.17) is 43.7 Å². The molecule has 7 N–H and O–H groups in total. The van der Waals surface area contributed by atoms with Crippen LogP contribution in [0, 0.1) is 34.9 Å². The van der Waals surface area contributed by atoms with Crippen molar-refractivity contribution < 1.29 is 125 Å². The first-order chi connectivity index (χ1) is 52.0. The second-order valence-corrected chi connectivity index (χ2v) is 28.4. The van der Waals surface area contributed by atoms with Gasteiger partial charge in [-0.2, -0.15) is 0 Å². The first-order valence-electron chi connectivity index (χ1n) is 33.6. The molecule has 5 aliphatic rings. The predicted octanol–water partition coefficient (Wildman–Crippen LogP) is -0.693. The SMILES string of the molecule is CCOC(=O)c1occ(-c2nnc(Cc3ccc(F)cc3F)s2)c(=O)c1OC.COc1c2n(cc(-c3nnc(Cc4ccc(F)cc4F)s3)c1=O)CC1(CCOC1)N(CCO)C2=O.NCC1(NCCO)CCOC1.O=C1c2c(O)c(=O)c(-c3nnc(Cc4ccc(F)cc4F)s3)cn2CC2(CCOC2)N1CCO.[Cl-].[Li+]. The van der Waals surface area contributed by atoms with E-state index >= 15 is 0 Å². The molecule has 110 heavy (non-hydrogen) atoms. The van der Waals surface area contributed by atoms with E-state index < -0.39 is 85.8 Å². The van der Waals surface area contributed by atoms with Gasteiger partial charge in [-0.1, -0.05) is 52.2 Å². The molecular formula is C70H72ClF6LiN12O17S3. The number of aromatic hydroxyl groups is 1. The molecule has 11 heterocycles. The van der Waals surface area contributed by atoms with Crippen molar-refractivity contribution in [3.05, 3.63) is 188 Å². The summed E-state index contributed by atoms with van der Waals surface area (Å²) in [4.78, 5) is 80.4. The Bertz CT molecular complexity index is 4980. The molecule has 3 atom stereocenters. The molecular weight excluding hydrogens is 1530 g/mol. The molecule has 9 aromatic rings. The molecule has 5 aliphatic heterocycles. The Hall–Kier alpha value is -8.85. The van der Waals surface area contributed by atoms with Gasteiger partial charge in [0.15, 0.2) is 37.9 Å². The minimum Gasteiger partial charge on any atom is -1.00 e. The van der Waals surface area contributed by atoms with E-state index in [-0.39, 0.29) is 181 Å². The van der Waals surface area contributed by atoms with Crippen molar-refractivity contribution in [3.8, 4) is 49.0 Å². The first kappa shape index (κ1) is 85.2. The fraction of sp³-hybridized carbons (Fsp3) is 0.400. The molecule has 0 bridgehead atoms. The molecule has 0 radical (unpaired) electrons. The number of aliphatic hydroxyl groups excluding tert-OH is 3. The molecule has 2 spiro atoms. The zero-order chi connectivity index (χ0) is 77.2. The molecule has 2 amide bonds. The summed E-state index contributed by atoms with van der Waals surface area (Å²) in [6, 6.07) is 9.81. The summed E-state index contributed by atoms with van der Waals surface area (Å²) in [7, 11) is 2.54. The summed E-state index contributed by atoms with van der Waals surface area (Å²) < 4.78 is 121. The van der Waals surface area contributed by atoms with Gasteiger partial charge in [0.25, 0.3) is 17.6 Å². The van der Waals surface area contributed by atoms with Crippen LogP contribution < -0.4 is 68.1 Å². The minimum absolute atomic E-state index is 0. The van der Waals surface area contributed by atoms with Crippen LogP contribution in [0.1, 0.15) is 89.4 Å². The van der Waals surface area contributed by atoms with Gasteiger partial charge in [-0.05, 0) is 61.1 Å². The van der Waals surface area contributed by atoms with E-state index in [0.717, 1.165) is 83.6 Å². The number of amides is 2. The molecule has 582 valence electrons. The molecule has 0 aliphatic carbocycles. The van der Waals surface area contributed by atoms with Crippen molar-refractivity contribution in [2.75, 3.05) is 106 Å². The predicted molar refractivity (Wildman–Crippen MR) is 376 cm³/mol. The number of hydrogen-bond acceptors (Lipinski definition) is 28. The number of halogens is 7. The van der Waals surface area contributed by atoms with E-state index in [1.54, 1.807) is 22.6 Å². The van der Waals surface area contributed by atoms with E-state index in [1.807, 2.05) is 0 Å². The van der Waals surface area contributed by atoms with Gasteiger partial charge in [0.1, 0.15) is 56.2 Å². The number of aliphatic hydroxyl groups is 3. The molecule has 3 aromatic carbocycles. The van der Waals surface area contributed by atoms with Crippen LogP contribution in [0.3, 0.4) is 0 Å². The van der Waals surface area contributed by atoms with Gasteiger partial charge in [0.2, 0.25) is 22.0 Å². The smallest absolute Gasteiger partial charge is 1.00 e. The number of pyridine rings is 2. The molecule has 40 heteroatoms. The third-order valence-electron chi connectivity index (χ3n) is 18.4. The van der Waals surface area contributed by atoms with Gasteiger partial charge in [-0.25, -0.2) is 31.1 Å². The monoisotopic (exact) mass is 1600 g/mol. The average molecular weight is 1610 g/mol. The number of β-amino-alcohol motifs (C(OH)–C–C–N with tert-alkyl or cyclic N) is 3. The molecule has 0 saturated carbocycles. The number of carbonyl (C=O) groups is 3. The van der Waals surface area contributed by atoms with Gasteiger partial charge >= 0.3 is 24.8 Å². The van der Waals surface area contributed by atoms with Gasteiger partial charge < -0.3 is 95.7 Å². The Kier molecular flexibility index (Phi) is 29.0. The van der Waals surface area contributed by atoms with Crippen LogP contribution in [0.4, 0.5) is 26.3 Å². The Morgan fingerprint density at radius 1 is 0.591 bits per heavy atom. The molecule has 3 fully saturated rings. The number of methoxy groups -OCH3 is 2. The van der Waals surface area contributed by atoms with Gasteiger partial charge in [-0.3, -0.25) is 24.0 Å². The van der Waals surface area contributed by atoms with Crippen LogP contribution in [0.15, 0.2) is 92.1 Å². The topological polar surface area (TPSA) is 384 Å².